The van der Waals surface area contributed by atoms with Crippen molar-refractivity contribution in [3.05, 3.63) is 54.1 Å². The Bertz CT molecular complexity index is 721. The molecule has 0 saturated heterocycles. The standard InChI is InChI=1S/C17H19FN4O/c1-12-10-21(2)16-6-4-3-5-13(16)11-22(12)17(23)20-15-7-8-19-9-14(15)18/h3-9,12H,10-11H2,1-2H3,(H,19,20,23)/t12-/m1/s1. The molecule has 1 aliphatic rings. The van der Waals surface area contributed by atoms with Gasteiger partial charge in [0.1, 0.15) is 0 Å². The number of amides is 2. The van der Waals surface area contributed by atoms with Crippen LogP contribution in [0.5, 0.6) is 0 Å². The SMILES string of the molecule is C[C@@H]1CN(C)c2ccccc2CN1C(=O)Nc1ccncc1F. The second-order valence-corrected chi connectivity index (χ2v) is 5.77. The third-order valence-corrected chi connectivity index (χ3v) is 4.09. The number of hydrogen-bond donors (Lipinski definition) is 1. The number of nitrogens with zero attached hydrogens (tertiary/aromatic N) is 3. The van der Waals surface area contributed by atoms with Crippen molar-refractivity contribution < 1.29 is 9.18 Å². The van der Waals surface area contributed by atoms with Crippen LogP contribution in [-0.2, 0) is 6.54 Å². The molecule has 1 aromatic heterocycles. The van der Waals surface area contributed by atoms with Gasteiger partial charge in [-0.3, -0.25) is 4.98 Å². The van der Waals surface area contributed by atoms with Gasteiger partial charge < -0.3 is 15.1 Å². The van der Waals surface area contributed by atoms with Gasteiger partial charge in [-0.05, 0) is 24.6 Å². The van der Waals surface area contributed by atoms with Crippen molar-refractivity contribution in [1.82, 2.24) is 9.88 Å². The lowest BCUT2D eigenvalue weighted by Crippen LogP contribution is -2.44. The Morgan fingerprint density at radius 1 is 1.35 bits per heavy atom. The Hall–Kier alpha value is -2.63. The second-order valence-electron chi connectivity index (χ2n) is 5.77. The van der Waals surface area contributed by atoms with Crippen molar-refractivity contribution >= 4 is 17.4 Å². The van der Waals surface area contributed by atoms with Crippen LogP contribution < -0.4 is 10.2 Å². The number of halogens is 1. The molecule has 2 aromatic rings. The maximum absolute atomic E-state index is 13.7. The van der Waals surface area contributed by atoms with Crippen molar-refractivity contribution in [2.75, 3.05) is 23.8 Å². The zero-order chi connectivity index (χ0) is 16.4. The molecule has 0 spiro atoms. The first-order valence-corrected chi connectivity index (χ1v) is 7.52. The summed E-state index contributed by atoms with van der Waals surface area (Å²) in [4.78, 5) is 20.2. The van der Waals surface area contributed by atoms with Crippen LogP contribution in [0.15, 0.2) is 42.7 Å². The maximum atomic E-state index is 13.7. The molecule has 0 bridgehead atoms. The summed E-state index contributed by atoms with van der Waals surface area (Å²) in [5.41, 5.74) is 2.33. The van der Waals surface area contributed by atoms with E-state index in [1.165, 1.54) is 12.3 Å². The molecule has 6 heteroatoms. The summed E-state index contributed by atoms with van der Waals surface area (Å²) < 4.78 is 13.7. The van der Waals surface area contributed by atoms with Crippen molar-refractivity contribution in [2.45, 2.75) is 19.5 Å². The van der Waals surface area contributed by atoms with E-state index in [4.69, 9.17) is 0 Å². The van der Waals surface area contributed by atoms with E-state index in [1.54, 1.807) is 4.90 Å². The Balaban J connectivity index is 1.84. The van der Waals surface area contributed by atoms with E-state index in [1.807, 2.05) is 38.2 Å². The lowest BCUT2D eigenvalue weighted by atomic mass is 10.1. The molecule has 1 aromatic carbocycles. The van der Waals surface area contributed by atoms with Gasteiger partial charge in [0, 0.05) is 38.1 Å². The van der Waals surface area contributed by atoms with Crippen LogP contribution in [0.1, 0.15) is 12.5 Å². The lowest BCUT2D eigenvalue weighted by molar-refractivity contribution is 0.192. The number of rotatable bonds is 1. The average Bonchev–Trinajstić information content (AvgIpc) is 2.66. The number of hydrogen-bond acceptors (Lipinski definition) is 3. The van der Waals surface area contributed by atoms with Gasteiger partial charge in [0.2, 0.25) is 0 Å². The van der Waals surface area contributed by atoms with Crippen molar-refractivity contribution in [1.29, 1.82) is 0 Å². The number of carbonyl (C=O) groups excluding carboxylic acids is 1. The van der Waals surface area contributed by atoms with Gasteiger partial charge in [-0.15, -0.1) is 0 Å². The fourth-order valence-electron chi connectivity index (χ4n) is 2.89. The van der Waals surface area contributed by atoms with Gasteiger partial charge in [0.25, 0.3) is 0 Å². The highest BCUT2D eigenvalue weighted by atomic mass is 19.1. The Morgan fingerprint density at radius 3 is 2.91 bits per heavy atom. The molecule has 0 aliphatic carbocycles. The van der Waals surface area contributed by atoms with Gasteiger partial charge in [-0.1, -0.05) is 18.2 Å². The summed E-state index contributed by atoms with van der Waals surface area (Å²) in [7, 11) is 2.01. The van der Waals surface area contributed by atoms with E-state index >= 15 is 0 Å². The maximum Gasteiger partial charge on any atom is 0.322 e. The van der Waals surface area contributed by atoms with Gasteiger partial charge >= 0.3 is 6.03 Å². The van der Waals surface area contributed by atoms with Crippen LogP contribution in [-0.4, -0.2) is 35.5 Å². The summed E-state index contributed by atoms with van der Waals surface area (Å²) in [6.07, 6.45) is 2.54. The van der Waals surface area contributed by atoms with E-state index < -0.39 is 5.82 Å². The Labute approximate surface area is 134 Å². The molecule has 3 rings (SSSR count). The zero-order valence-corrected chi connectivity index (χ0v) is 13.2. The molecule has 5 nitrogen and oxygen atoms in total. The van der Waals surface area contributed by atoms with E-state index in [-0.39, 0.29) is 17.8 Å². The average molecular weight is 314 g/mol. The number of para-hydroxylation sites is 1. The molecular weight excluding hydrogens is 295 g/mol. The fourth-order valence-corrected chi connectivity index (χ4v) is 2.89. The molecule has 1 atom stereocenters. The molecule has 0 saturated carbocycles. The quantitative estimate of drug-likeness (QED) is 0.880. The number of benzene rings is 1. The van der Waals surface area contributed by atoms with E-state index in [2.05, 4.69) is 15.2 Å². The first kappa shape index (κ1) is 15.3. The van der Waals surface area contributed by atoms with E-state index in [0.29, 0.717) is 13.1 Å². The predicted molar refractivity (Wildman–Crippen MR) is 87.9 cm³/mol. The van der Waals surface area contributed by atoms with Gasteiger partial charge in [-0.25, -0.2) is 9.18 Å². The van der Waals surface area contributed by atoms with E-state index in [0.717, 1.165) is 17.4 Å². The number of nitrogens with one attached hydrogen (secondary N) is 1. The fraction of sp³-hybridized carbons (Fsp3) is 0.294. The number of likely N-dealkylation sites (N-methyl/N-ethyl adjacent to an activating group) is 1. The number of aromatic nitrogens is 1. The number of anilines is 2. The number of pyridine rings is 1. The number of fused-ring (bicyclic) bond motifs is 1. The van der Waals surface area contributed by atoms with Crippen molar-refractivity contribution in [3.63, 3.8) is 0 Å². The van der Waals surface area contributed by atoms with Gasteiger partial charge in [-0.2, -0.15) is 0 Å². The zero-order valence-electron chi connectivity index (χ0n) is 13.2. The highest BCUT2D eigenvalue weighted by Gasteiger charge is 2.27. The molecule has 0 fully saturated rings. The number of urea groups is 1. The van der Waals surface area contributed by atoms with Crippen LogP contribution in [0.25, 0.3) is 0 Å². The van der Waals surface area contributed by atoms with Gasteiger partial charge in [0.15, 0.2) is 5.82 Å². The highest BCUT2D eigenvalue weighted by Crippen LogP contribution is 2.26. The van der Waals surface area contributed by atoms with Crippen LogP contribution >= 0.6 is 0 Å². The summed E-state index contributed by atoms with van der Waals surface area (Å²) in [5.74, 6) is -0.541. The molecule has 1 N–H and O–H groups in total. The van der Waals surface area contributed by atoms with Crippen LogP contribution in [0.2, 0.25) is 0 Å². The highest BCUT2D eigenvalue weighted by molar-refractivity contribution is 5.89. The first-order chi connectivity index (χ1) is 11.1. The van der Waals surface area contributed by atoms with Crippen molar-refractivity contribution in [3.8, 4) is 0 Å². The smallest absolute Gasteiger partial charge is 0.322 e. The first-order valence-electron chi connectivity index (χ1n) is 7.52. The van der Waals surface area contributed by atoms with E-state index in [9.17, 15) is 9.18 Å². The van der Waals surface area contributed by atoms with Crippen molar-refractivity contribution in [2.24, 2.45) is 0 Å². The van der Waals surface area contributed by atoms with Crippen LogP contribution in [0.4, 0.5) is 20.6 Å². The lowest BCUT2D eigenvalue weighted by Gasteiger charge is -2.28. The molecule has 1 aliphatic heterocycles. The largest absolute Gasteiger partial charge is 0.372 e. The molecule has 0 radical (unpaired) electrons. The normalized spacial score (nSPS) is 17.4. The summed E-state index contributed by atoms with van der Waals surface area (Å²) >= 11 is 0. The molecule has 2 amide bonds. The molecular formula is C17H19FN4O. The number of carbonyl (C=O) groups is 1. The predicted octanol–water partition coefficient (Wildman–Crippen LogP) is 3.09. The third-order valence-electron chi connectivity index (χ3n) is 4.09. The Morgan fingerprint density at radius 2 is 2.13 bits per heavy atom. The Kier molecular flexibility index (Phi) is 4.14. The van der Waals surface area contributed by atoms with Gasteiger partial charge in [0.05, 0.1) is 11.9 Å². The summed E-state index contributed by atoms with van der Waals surface area (Å²) in [6.45, 7) is 3.19. The molecule has 2 heterocycles. The minimum atomic E-state index is -0.541. The van der Waals surface area contributed by atoms with Crippen LogP contribution in [0.3, 0.4) is 0 Å². The molecule has 23 heavy (non-hydrogen) atoms. The monoisotopic (exact) mass is 314 g/mol. The minimum Gasteiger partial charge on any atom is -0.372 e. The second kappa shape index (κ2) is 6.24. The minimum absolute atomic E-state index is 0.00250. The molecule has 0 unspecified atom stereocenters. The summed E-state index contributed by atoms with van der Waals surface area (Å²) in [6, 6.07) is 9.15. The third kappa shape index (κ3) is 3.11. The molecule has 120 valence electrons. The van der Waals surface area contributed by atoms with Crippen LogP contribution in [0, 0.1) is 5.82 Å². The summed E-state index contributed by atoms with van der Waals surface area (Å²) in [5, 5.41) is 2.64. The topological polar surface area (TPSA) is 48.5 Å².